The lowest BCUT2D eigenvalue weighted by atomic mass is 10.1. The van der Waals surface area contributed by atoms with E-state index in [9.17, 15) is 4.79 Å². The van der Waals surface area contributed by atoms with E-state index in [0.717, 1.165) is 28.1 Å². The predicted octanol–water partition coefficient (Wildman–Crippen LogP) is 6.28. The summed E-state index contributed by atoms with van der Waals surface area (Å²) in [5.41, 5.74) is 7.76. The molecule has 0 unspecified atom stereocenters. The van der Waals surface area contributed by atoms with Crippen LogP contribution in [0.1, 0.15) is 27.0 Å². The van der Waals surface area contributed by atoms with Crippen molar-refractivity contribution in [3.05, 3.63) is 89.0 Å². The molecule has 0 saturated carbocycles. The van der Waals surface area contributed by atoms with Crippen LogP contribution in [0, 0.1) is 20.8 Å². The molecule has 0 fully saturated rings. The van der Waals surface area contributed by atoms with Crippen LogP contribution in [0.4, 0.5) is 0 Å². The number of aryl methyl sites for hydroxylation is 3. The fraction of sp³-hybridized carbons (Fsp3) is 0.192. The Hall–Kier alpha value is -2.98. The largest absolute Gasteiger partial charge is 0.354 e. The second-order valence-corrected chi connectivity index (χ2v) is 8.75. The van der Waals surface area contributed by atoms with E-state index < -0.39 is 0 Å². The third kappa shape index (κ3) is 4.29. The molecule has 4 aromatic rings. The number of fused-ring (bicyclic) bond motifs is 1. The number of para-hydroxylation sites is 1. The number of rotatable bonds is 6. The highest BCUT2D eigenvalue weighted by Crippen LogP contribution is 2.37. The van der Waals surface area contributed by atoms with Gasteiger partial charge in [0, 0.05) is 33.7 Å². The van der Waals surface area contributed by atoms with Gasteiger partial charge in [0.1, 0.15) is 0 Å². The molecule has 0 aliphatic rings. The number of hydrogen-bond donors (Lipinski definition) is 2. The second kappa shape index (κ2) is 8.80. The monoisotopic (exact) mass is 414 g/mol. The van der Waals surface area contributed by atoms with Gasteiger partial charge in [0.15, 0.2) is 0 Å². The maximum atomic E-state index is 12.5. The first-order chi connectivity index (χ1) is 14.5. The molecule has 0 aliphatic carbocycles. The maximum Gasteiger partial charge on any atom is 0.251 e. The van der Waals surface area contributed by atoms with Crippen LogP contribution >= 0.6 is 11.8 Å². The molecule has 3 aromatic carbocycles. The Morgan fingerprint density at radius 2 is 1.70 bits per heavy atom. The molecule has 0 saturated heterocycles. The van der Waals surface area contributed by atoms with E-state index in [1.807, 2.05) is 25.1 Å². The van der Waals surface area contributed by atoms with E-state index in [1.165, 1.54) is 27.0 Å². The second-order valence-electron chi connectivity index (χ2n) is 7.64. The van der Waals surface area contributed by atoms with E-state index in [4.69, 9.17) is 0 Å². The third-order valence-electron chi connectivity index (χ3n) is 5.40. The topological polar surface area (TPSA) is 44.9 Å². The third-order valence-corrected chi connectivity index (χ3v) is 6.52. The molecule has 4 rings (SSSR count). The number of benzene rings is 3. The summed E-state index contributed by atoms with van der Waals surface area (Å²) in [6.07, 6.45) is 0. The van der Waals surface area contributed by atoms with Gasteiger partial charge >= 0.3 is 0 Å². The van der Waals surface area contributed by atoms with E-state index in [2.05, 4.69) is 72.7 Å². The van der Waals surface area contributed by atoms with Gasteiger partial charge in [-0.15, -0.1) is 11.8 Å². The minimum absolute atomic E-state index is 0.0172. The molecule has 3 nitrogen and oxygen atoms in total. The number of nitrogens with one attached hydrogen (secondary N) is 2. The van der Waals surface area contributed by atoms with Gasteiger partial charge in [-0.3, -0.25) is 4.79 Å². The van der Waals surface area contributed by atoms with Crippen molar-refractivity contribution in [3.8, 4) is 11.3 Å². The fourth-order valence-electron chi connectivity index (χ4n) is 3.49. The molecule has 2 N–H and O–H groups in total. The zero-order valence-electron chi connectivity index (χ0n) is 17.6. The molecule has 0 bridgehead atoms. The van der Waals surface area contributed by atoms with Crippen molar-refractivity contribution in [2.45, 2.75) is 25.7 Å². The lowest BCUT2D eigenvalue weighted by molar-refractivity contribution is 0.0956. The van der Waals surface area contributed by atoms with E-state index >= 15 is 0 Å². The number of carbonyl (C=O) groups excluding carboxylic acids is 1. The molecule has 1 amide bonds. The van der Waals surface area contributed by atoms with Crippen LogP contribution in [0.3, 0.4) is 0 Å². The summed E-state index contributed by atoms with van der Waals surface area (Å²) in [6.45, 7) is 6.80. The summed E-state index contributed by atoms with van der Waals surface area (Å²) >= 11 is 1.78. The van der Waals surface area contributed by atoms with Gasteiger partial charge in [-0.05, 0) is 55.7 Å². The first-order valence-corrected chi connectivity index (χ1v) is 11.2. The predicted molar refractivity (Wildman–Crippen MR) is 127 cm³/mol. The molecule has 0 spiro atoms. The molecule has 1 heterocycles. The Kier molecular flexibility index (Phi) is 5.96. The first-order valence-electron chi connectivity index (χ1n) is 10.2. The molecule has 1 aromatic heterocycles. The van der Waals surface area contributed by atoms with Gasteiger partial charge < -0.3 is 10.3 Å². The fourth-order valence-corrected chi connectivity index (χ4v) is 4.55. The number of H-pyrrole nitrogens is 1. The van der Waals surface area contributed by atoms with Crippen LogP contribution in [0.5, 0.6) is 0 Å². The molecule has 0 aliphatic heterocycles. The number of carbonyl (C=O) groups is 1. The molecule has 0 atom stereocenters. The van der Waals surface area contributed by atoms with Crippen LogP contribution in [0.2, 0.25) is 0 Å². The van der Waals surface area contributed by atoms with Gasteiger partial charge in [0.25, 0.3) is 5.91 Å². The smallest absolute Gasteiger partial charge is 0.251 e. The lowest BCUT2D eigenvalue weighted by Gasteiger charge is -2.08. The summed E-state index contributed by atoms with van der Waals surface area (Å²) in [4.78, 5) is 17.3. The average molecular weight is 415 g/mol. The zero-order chi connectivity index (χ0) is 21.1. The summed E-state index contributed by atoms with van der Waals surface area (Å²) in [5, 5.41) is 4.27. The lowest BCUT2D eigenvalue weighted by Crippen LogP contribution is -2.25. The average Bonchev–Trinajstić information content (AvgIpc) is 3.12. The highest BCUT2D eigenvalue weighted by molar-refractivity contribution is 7.99. The van der Waals surface area contributed by atoms with E-state index in [1.54, 1.807) is 11.8 Å². The van der Waals surface area contributed by atoms with Crippen molar-refractivity contribution in [1.29, 1.82) is 0 Å². The molecule has 152 valence electrons. The van der Waals surface area contributed by atoms with E-state index in [-0.39, 0.29) is 5.91 Å². The minimum Gasteiger partial charge on any atom is -0.354 e. The maximum absolute atomic E-state index is 12.5. The molecule has 0 radical (unpaired) electrons. The Morgan fingerprint density at radius 3 is 2.47 bits per heavy atom. The summed E-state index contributed by atoms with van der Waals surface area (Å²) in [6, 6.07) is 22.8. The summed E-state index contributed by atoms with van der Waals surface area (Å²) in [7, 11) is 0. The zero-order valence-corrected chi connectivity index (χ0v) is 18.4. The molecule has 30 heavy (non-hydrogen) atoms. The number of aromatic nitrogens is 1. The van der Waals surface area contributed by atoms with Crippen LogP contribution in [0.25, 0.3) is 22.2 Å². The normalized spacial score (nSPS) is 11.0. The van der Waals surface area contributed by atoms with Crippen molar-refractivity contribution < 1.29 is 4.79 Å². The number of aromatic amines is 1. The van der Waals surface area contributed by atoms with Crippen molar-refractivity contribution >= 4 is 28.6 Å². The first kappa shape index (κ1) is 20.3. The summed E-state index contributed by atoms with van der Waals surface area (Å²) in [5.74, 6) is 0.786. The minimum atomic E-state index is -0.0172. The van der Waals surface area contributed by atoms with Crippen molar-refractivity contribution in [3.63, 3.8) is 0 Å². The van der Waals surface area contributed by atoms with E-state index in [0.29, 0.717) is 6.54 Å². The summed E-state index contributed by atoms with van der Waals surface area (Å²) < 4.78 is 0. The number of amides is 1. The van der Waals surface area contributed by atoms with Crippen LogP contribution < -0.4 is 5.32 Å². The highest BCUT2D eigenvalue weighted by Gasteiger charge is 2.14. The molecule has 4 heteroatoms. The quantitative estimate of drug-likeness (QED) is 0.288. The van der Waals surface area contributed by atoms with Crippen LogP contribution in [0.15, 0.2) is 71.6 Å². The standard InChI is InChI=1S/C26H26N2OS/c1-17-8-11-20(12-9-17)24-25(22-6-4-5-7-23(22)28-24)30-15-14-27-26(29)21-13-10-18(2)19(3)16-21/h4-13,16,28H,14-15H2,1-3H3,(H,27,29). The van der Waals surface area contributed by atoms with Crippen LogP contribution in [-0.2, 0) is 0 Å². The van der Waals surface area contributed by atoms with Crippen molar-refractivity contribution in [1.82, 2.24) is 10.3 Å². The van der Waals surface area contributed by atoms with Crippen molar-refractivity contribution in [2.24, 2.45) is 0 Å². The Morgan fingerprint density at radius 1 is 0.933 bits per heavy atom. The number of hydrogen-bond acceptors (Lipinski definition) is 2. The van der Waals surface area contributed by atoms with Gasteiger partial charge in [0.2, 0.25) is 0 Å². The van der Waals surface area contributed by atoms with Gasteiger partial charge in [-0.25, -0.2) is 0 Å². The van der Waals surface area contributed by atoms with Crippen molar-refractivity contribution in [2.75, 3.05) is 12.3 Å². The Labute approximate surface area is 181 Å². The SMILES string of the molecule is Cc1ccc(-c2[nH]c3ccccc3c2SCCNC(=O)c2ccc(C)c(C)c2)cc1. The van der Waals surface area contributed by atoms with Crippen LogP contribution in [-0.4, -0.2) is 23.2 Å². The van der Waals surface area contributed by atoms with Gasteiger partial charge in [-0.1, -0.05) is 54.1 Å². The molecular weight excluding hydrogens is 388 g/mol. The Balaban J connectivity index is 1.48. The van der Waals surface area contributed by atoms with Gasteiger partial charge in [0.05, 0.1) is 5.69 Å². The number of thioether (sulfide) groups is 1. The Bertz CT molecular complexity index is 1190. The molecular formula is C26H26N2OS. The van der Waals surface area contributed by atoms with Gasteiger partial charge in [-0.2, -0.15) is 0 Å². The highest BCUT2D eigenvalue weighted by atomic mass is 32.2.